The number of aryl methyl sites for hydroxylation is 1. The smallest absolute Gasteiger partial charge is 0.301 e. The summed E-state index contributed by atoms with van der Waals surface area (Å²) in [6.45, 7) is 3.90. The topological polar surface area (TPSA) is 79.7 Å². The molecule has 3 heterocycles. The van der Waals surface area contributed by atoms with Crippen molar-refractivity contribution in [2.75, 3.05) is 4.90 Å². The van der Waals surface area contributed by atoms with Gasteiger partial charge in [-0.2, -0.15) is 0 Å². The molecule has 8 heteroatoms. The summed E-state index contributed by atoms with van der Waals surface area (Å²) in [5.41, 5.74) is 2.89. The summed E-state index contributed by atoms with van der Waals surface area (Å²) in [7, 11) is 0. The molecule has 0 aliphatic carbocycles. The molecule has 0 spiro atoms. The summed E-state index contributed by atoms with van der Waals surface area (Å²) in [5.74, 6) is -1.98. The minimum atomic E-state index is -1.17. The Labute approximate surface area is 210 Å². The third-order valence-corrected chi connectivity index (χ3v) is 7.57. The van der Waals surface area contributed by atoms with Gasteiger partial charge in [-0.25, -0.2) is 9.37 Å². The maximum Gasteiger partial charge on any atom is 0.301 e. The first kappa shape index (κ1) is 22.4. The van der Waals surface area contributed by atoms with Gasteiger partial charge >= 0.3 is 5.91 Å². The van der Waals surface area contributed by atoms with E-state index in [2.05, 4.69) is 4.98 Å². The average molecular weight is 501 g/mol. The number of rotatable bonds is 3. The van der Waals surface area contributed by atoms with Crippen molar-refractivity contribution in [3.8, 4) is 5.75 Å². The van der Waals surface area contributed by atoms with Crippen LogP contribution in [0.3, 0.4) is 0 Å². The first-order valence-corrected chi connectivity index (χ1v) is 12.4. The molecule has 6 rings (SSSR count). The number of aromatic nitrogens is 1. The highest BCUT2D eigenvalue weighted by Crippen LogP contribution is 2.45. The molecular formula is C28H21FN2O4S. The number of aliphatic hydroxyl groups is 1. The number of benzene rings is 3. The van der Waals surface area contributed by atoms with Gasteiger partial charge in [0.25, 0.3) is 5.78 Å². The van der Waals surface area contributed by atoms with Gasteiger partial charge in [0.1, 0.15) is 29.5 Å². The zero-order valence-electron chi connectivity index (χ0n) is 19.5. The lowest BCUT2D eigenvalue weighted by Crippen LogP contribution is -2.29. The van der Waals surface area contributed by atoms with Crippen LogP contribution >= 0.6 is 11.3 Å². The van der Waals surface area contributed by atoms with Gasteiger partial charge in [0, 0.05) is 17.5 Å². The van der Waals surface area contributed by atoms with Crippen molar-refractivity contribution < 1.29 is 23.8 Å². The van der Waals surface area contributed by atoms with Crippen molar-refractivity contribution in [1.82, 2.24) is 4.98 Å². The van der Waals surface area contributed by atoms with Gasteiger partial charge in [0.05, 0.1) is 15.8 Å². The number of carbonyl (C=O) groups is 2. The second-order valence-electron chi connectivity index (χ2n) is 9.11. The Morgan fingerprint density at radius 2 is 1.94 bits per heavy atom. The van der Waals surface area contributed by atoms with E-state index in [1.807, 2.05) is 32.0 Å². The van der Waals surface area contributed by atoms with E-state index in [1.54, 1.807) is 24.3 Å². The third-order valence-electron chi connectivity index (χ3n) is 6.55. The molecule has 2 atom stereocenters. The molecule has 1 saturated heterocycles. The van der Waals surface area contributed by atoms with Gasteiger partial charge in [0.15, 0.2) is 5.13 Å². The number of Topliss-reactive ketones (excluding diaryl/α,β-unsaturated/α-hetero) is 1. The number of aliphatic hydroxyl groups excluding tert-OH is 1. The molecule has 2 aliphatic rings. The van der Waals surface area contributed by atoms with Crippen molar-refractivity contribution in [2.45, 2.75) is 32.4 Å². The SMILES string of the molecule is Cc1ccc2nc(N3C(=O)C(=O)/C(=C(/O)c4ccc5c(c4)C[C@@H](C)O5)[C@@H]3c3ccccc3F)sc2c1. The quantitative estimate of drug-likeness (QED) is 0.222. The maximum absolute atomic E-state index is 15.1. The number of nitrogens with zero attached hydrogens (tertiary/aromatic N) is 2. The van der Waals surface area contributed by atoms with E-state index in [0.717, 1.165) is 21.6 Å². The monoisotopic (exact) mass is 500 g/mol. The zero-order chi connectivity index (χ0) is 25.1. The first-order chi connectivity index (χ1) is 17.3. The molecule has 6 nitrogen and oxygen atoms in total. The molecule has 180 valence electrons. The Kier molecular flexibility index (Phi) is 5.15. The van der Waals surface area contributed by atoms with Crippen molar-refractivity contribution in [2.24, 2.45) is 0 Å². The Bertz CT molecular complexity index is 1610. The van der Waals surface area contributed by atoms with Crippen LogP contribution in [0.2, 0.25) is 0 Å². The van der Waals surface area contributed by atoms with Crippen LogP contribution in [0.1, 0.15) is 35.2 Å². The largest absolute Gasteiger partial charge is 0.507 e. The molecule has 1 amide bonds. The van der Waals surface area contributed by atoms with Gasteiger partial charge in [-0.1, -0.05) is 35.6 Å². The Morgan fingerprint density at radius 3 is 2.75 bits per heavy atom. The number of ketones is 1. The number of hydrogen-bond acceptors (Lipinski definition) is 6. The molecule has 0 unspecified atom stereocenters. The van der Waals surface area contributed by atoms with Gasteiger partial charge in [-0.05, 0) is 61.4 Å². The molecule has 4 aromatic rings. The fraction of sp³-hybridized carbons (Fsp3) is 0.179. The molecule has 2 aliphatic heterocycles. The second kappa shape index (κ2) is 8.27. The van der Waals surface area contributed by atoms with Crippen molar-refractivity contribution in [1.29, 1.82) is 0 Å². The van der Waals surface area contributed by atoms with Crippen LogP contribution in [0, 0.1) is 12.7 Å². The van der Waals surface area contributed by atoms with E-state index in [9.17, 15) is 14.7 Å². The highest BCUT2D eigenvalue weighted by Gasteiger charge is 2.49. The third kappa shape index (κ3) is 3.48. The predicted molar refractivity (Wildman–Crippen MR) is 136 cm³/mol. The molecular weight excluding hydrogens is 479 g/mol. The van der Waals surface area contributed by atoms with E-state index in [0.29, 0.717) is 17.5 Å². The highest BCUT2D eigenvalue weighted by atomic mass is 32.1. The number of amides is 1. The Hall–Kier alpha value is -4.04. The van der Waals surface area contributed by atoms with E-state index in [-0.39, 0.29) is 28.1 Å². The summed E-state index contributed by atoms with van der Waals surface area (Å²) in [6.07, 6.45) is 0.663. The van der Waals surface area contributed by atoms with Crippen molar-refractivity contribution >= 4 is 44.1 Å². The standard InChI is InChI=1S/C28H21FN2O4S/c1-14-7-9-20-22(11-14)36-28(30-20)31-24(18-5-3-4-6-19(18)29)23(26(33)27(31)34)25(32)16-8-10-21-17(13-16)12-15(2)35-21/h3-11,13,15,24,32H,12H2,1-2H3/b25-23+/t15-,24+/m1/s1. The van der Waals surface area contributed by atoms with Crippen LogP contribution < -0.4 is 9.64 Å². The van der Waals surface area contributed by atoms with Gasteiger partial charge in [0.2, 0.25) is 0 Å². The molecule has 0 radical (unpaired) electrons. The van der Waals surface area contributed by atoms with Crippen LogP contribution in [-0.2, 0) is 16.0 Å². The number of fused-ring (bicyclic) bond motifs is 2. The second-order valence-corrected chi connectivity index (χ2v) is 10.1. The average Bonchev–Trinajstić information content (AvgIpc) is 3.51. The molecule has 36 heavy (non-hydrogen) atoms. The summed E-state index contributed by atoms with van der Waals surface area (Å²) < 4.78 is 21.7. The minimum absolute atomic E-state index is 0.00376. The molecule has 1 aromatic heterocycles. The lowest BCUT2D eigenvalue weighted by Gasteiger charge is -2.23. The predicted octanol–water partition coefficient (Wildman–Crippen LogP) is 5.69. The van der Waals surface area contributed by atoms with E-state index < -0.39 is 23.5 Å². The number of anilines is 1. The molecule has 1 N–H and O–H groups in total. The van der Waals surface area contributed by atoms with Crippen molar-refractivity contribution in [3.63, 3.8) is 0 Å². The fourth-order valence-electron chi connectivity index (χ4n) is 4.87. The summed E-state index contributed by atoms with van der Waals surface area (Å²) in [4.78, 5) is 32.5. The molecule has 0 bridgehead atoms. The normalized spacial score (nSPS) is 20.7. The zero-order valence-corrected chi connectivity index (χ0v) is 20.3. The number of ether oxygens (including phenoxy) is 1. The van der Waals surface area contributed by atoms with E-state index in [1.165, 1.54) is 34.4 Å². The number of thiazole rings is 1. The van der Waals surface area contributed by atoms with E-state index >= 15 is 4.39 Å². The maximum atomic E-state index is 15.1. The minimum Gasteiger partial charge on any atom is -0.507 e. The van der Waals surface area contributed by atoms with Crippen LogP contribution in [0.5, 0.6) is 5.75 Å². The van der Waals surface area contributed by atoms with Crippen LogP contribution in [-0.4, -0.2) is 27.9 Å². The van der Waals surface area contributed by atoms with Gasteiger partial charge in [-0.15, -0.1) is 0 Å². The van der Waals surface area contributed by atoms with Crippen LogP contribution in [0.15, 0.2) is 66.2 Å². The number of hydrogen-bond donors (Lipinski definition) is 1. The molecule has 0 saturated carbocycles. The highest BCUT2D eigenvalue weighted by molar-refractivity contribution is 7.22. The lowest BCUT2D eigenvalue weighted by atomic mass is 9.94. The van der Waals surface area contributed by atoms with Crippen LogP contribution in [0.25, 0.3) is 16.0 Å². The van der Waals surface area contributed by atoms with Crippen molar-refractivity contribution in [3.05, 3.63) is 94.3 Å². The number of carbonyl (C=O) groups excluding carboxylic acids is 2. The Morgan fingerprint density at radius 1 is 1.14 bits per heavy atom. The Balaban J connectivity index is 1.55. The van der Waals surface area contributed by atoms with E-state index in [4.69, 9.17) is 4.74 Å². The van der Waals surface area contributed by atoms with Gasteiger partial charge < -0.3 is 9.84 Å². The molecule has 1 fully saturated rings. The summed E-state index contributed by atoms with van der Waals surface area (Å²) >= 11 is 1.24. The molecule has 3 aromatic carbocycles. The lowest BCUT2D eigenvalue weighted by molar-refractivity contribution is -0.132. The fourth-order valence-corrected chi connectivity index (χ4v) is 5.96. The van der Waals surface area contributed by atoms with Gasteiger partial charge in [-0.3, -0.25) is 14.5 Å². The summed E-state index contributed by atoms with van der Waals surface area (Å²) in [6, 6.07) is 15.6. The van der Waals surface area contributed by atoms with Crippen LogP contribution in [0.4, 0.5) is 9.52 Å². The summed E-state index contributed by atoms with van der Waals surface area (Å²) in [5, 5.41) is 11.6. The first-order valence-electron chi connectivity index (χ1n) is 11.5. The number of halogens is 1.